The standard InChI is InChI=1S/C10H12N2O2/c1-7-2-3-8(11-6-7)12-10(4-5-10)9(13)14/h2-3,6H,4-5H2,1H3,(H,11,12)(H,13,14). The van der Waals surface area contributed by atoms with E-state index in [1.165, 1.54) is 0 Å². The number of hydrogen-bond donors (Lipinski definition) is 2. The highest BCUT2D eigenvalue weighted by Gasteiger charge is 2.50. The van der Waals surface area contributed by atoms with Crippen molar-refractivity contribution >= 4 is 11.8 Å². The maximum atomic E-state index is 10.9. The summed E-state index contributed by atoms with van der Waals surface area (Å²) in [6, 6.07) is 3.71. The summed E-state index contributed by atoms with van der Waals surface area (Å²) in [6.45, 7) is 1.95. The van der Waals surface area contributed by atoms with Gasteiger partial charge in [-0.25, -0.2) is 9.78 Å². The smallest absolute Gasteiger partial charge is 0.329 e. The second-order valence-electron chi connectivity index (χ2n) is 3.73. The Balaban J connectivity index is 2.11. The van der Waals surface area contributed by atoms with Crippen LogP contribution in [0, 0.1) is 6.92 Å². The second-order valence-corrected chi connectivity index (χ2v) is 3.73. The fraction of sp³-hybridized carbons (Fsp3) is 0.400. The molecule has 1 fully saturated rings. The minimum Gasteiger partial charge on any atom is -0.480 e. The first-order chi connectivity index (χ1) is 6.62. The molecule has 0 unspecified atom stereocenters. The summed E-state index contributed by atoms with van der Waals surface area (Å²) >= 11 is 0. The molecule has 0 bridgehead atoms. The number of nitrogens with zero attached hydrogens (tertiary/aromatic N) is 1. The zero-order valence-electron chi connectivity index (χ0n) is 7.95. The van der Waals surface area contributed by atoms with Gasteiger partial charge in [-0.3, -0.25) is 0 Å². The van der Waals surface area contributed by atoms with Gasteiger partial charge in [0.1, 0.15) is 11.4 Å². The Labute approximate surface area is 82.0 Å². The molecule has 4 nitrogen and oxygen atoms in total. The largest absolute Gasteiger partial charge is 0.480 e. The van der Waals surface area contributed by atoms with E-state index in [0.29, 0.717) is 18.7 Å². The highest BCUT2D eigenvalue weighted by molar-refractivity contribution is 5.85. The van der Waals surface area contributed by atoms with Gasteiger partial charge < -0.3 is 10.4 Å². The lowest BCUT2D eigenvalue weighted by molar-refractivity contribution is -0.138. The first-order valence-electron chi connectivity index (χ1n) is 4.57. The van der Waals surface area contributed by atoms with Crippen LogP contribution in [-0.2, 0) is 4.79 Å². The highest BCUT2D eigenvalue weighted by Crippen LogP contribution is 2.38. The summed E-state index contributed by atoms with van der Waals surface area (Å²) in [6.07, 6.45) is 3.08. The van der Waals surface area contributed by atoms with Crippen molar-refractivity contribution in [3.8, 4) is 0 Å². The average molecular weight is 192 g/mol. The van der Waals surface area contributed by atoms with Crippen molar-refractivity contribution in [2.24, 2.45) is 0 Å². The predicted octanol–water partition coefficient (Wildman–Crippen LogP) is 1.42. The maximum absolute atomic E-state index is 10.9. The molecule has 4 heteroatoms. The Hall–Kier alpha value is -1.58. The maximum Gasteiger partial charge on any atom is 0.329 e. The molecule has 1 aliphatic carbocycles. The van der Waals surface area contributed by atoms with Gasteiger partial charge >= 0.3 is 5.97 Å². The summed E-state index contributed by atoms with van der Waals surface area (Å²) in [5.41, 5.74) is 0.318. The minimum absolute atomic E-state index is 0.635. The average Bonchev–Trinajstić information content (AvgIpc) is 2.90. The third-order valence-corrected chi connectivity index (χ3v) is 2.44. The molecule has 0 aliphatic heterocycles. The van der Waals surface area contributed by atoms with Crippen molar-refractivity contribution in [3.05, 3.63) is 23.9 Å². The van der Waals surface area contributed by atoms with Gasteiger partial charge in [-0.05, 0) is 31.4 Å². The molecule has 2 N–H and O–H groups in total. The first-order valence-corrected chi connectivity index (χ1v) is 4.57. The second kappa shape index (κ2) is 2.97. The van der Waals surface area contributed by atoms with Crippen LogP contribution in [-0.4, -0.2) is 21.6 Å². The van der Waals surface area contributed by atoms with E-state index in [4.69, 9.17) is 5.11 Å². The number of pyridine rings is 1. The van der Waals surface area contributed by atoms with Crippen LogP contribution < -0.4 is 5.32 Å². The number of aliphatic carboxylic acids is 1. The fourth-order valence-corrected chi connectivity index (χ4v) is 1.30. The van der Waals surface area contributed by atoms with E-state index in [2.05, 4.69) is 10.3 Å². The first kappa shape index (κ1) is 8.99. The molecular weight excluding hydrogens is 180 g/mol. The van der Waals surface area contributed by atoms with Crippen LogP contribution in [0.2, 0.25) is 0 Å². The number of anilines is 1. The number of carboxylic acids is 1. The Morgan fingerprint density at radius 3 is 2.71 bits per heavy atom. The van der Waals surface area contributed by atoms with E-state index in [-0.39, 0.29) is 0 Å². The molecule has 1 heterocycles. The normalized spacial score (nSPS) is 17.5. The summed E-state index contributed by atoms with van der Waals surface area (Å²) in [7, 11) is 0. The number of aryl methyl sites for hydroxylation is 1. The van der Waals surface area contributed by atoms with Crippen LogP contribution >= 0.6 is 0 Å². The van der Waals surface area contributed by atoms with Crippen LogP contribution in [0.1, 0.15) is 18.4 Å². The third-order valence-electron chi connectivity index (χ3n) is 2.44. The molecule has 0 radical (unpaired) electrons. The van der Waals surface area contributed by atoms with Gasteiger partial charge in [-0.1, -0.05) is 6.07 Å². The molecule has 0 spiro atoms. The summed E-state index contributed by atoms with van der Waals surface area (Å²) in [5, 5.41) is 11.9. The van der Waals surface area contributed by atoms with Gasteiger partial charge in [-0.15, -0.1) is 0 Å². The Kier molecular flexibility index (Phi) is 1.91. The number of carboxylic acid groups (broad SMARTS) is 1. The molecule has 0 aromatic carbocycles. The van der Waals surface area contributed by atoms with E-state index in [1.807, 2.05) is 13.0 Å². The van der Waals surface area contributed by atoms with E-state index in [1.54, 1.807) is 12.3 Å². The minimum atomic E-state index is -0.792. The van der Waals surface area contributed by atoms with Gasteiger partial charge in [0.05, 0.1) is 0 Å². The van der Waals surface area contributed by atoms with Crippen molar-refractivity contribution in [2.45, 2.75) is 25.3 Å². The number of rotatable bonds is 3. The molecule has 1 aliphatic rings. The van der Waals surface area contributed by atoms with Crippen LogP contribution in [0.3, 0.4) is 0 Å². The predicted molar refractivity (Wildman–Crippen MR) is 52.2 cm³/mol. The van der Waals surface area contributed by atoms with Crippen molar-refractivity contribution < 1.29 is 9.90 Å². The topological polar surface area (TPSA) is 62.2 Å². The lowest BCUT2D eigenvalue weighted by atomic mass is 10.2. The molecule has 74 valence electrons. The molecule has 0 saturated heterocycles. The van der Waals surface area contributed by atoms with Gasteiger partial charge in [0.25, 0.3) is 0 Å². The number of carbonyl (C=O) groups is 1. The Morgan fingerprint density at radius 2 is 2.29 bits per heavy atom. The summed E-state index contributed by atoms with van der Waals surface area (Å²) in [4.78, 5) is 15.0. The van der Waals surface area contributed by atoms with Gasteiger partial charge in [0, 0.05) is 6.20 Å². The molecular formula is C10H12N2O2. The van der Waals surface area contributed by atoms with Crippen LogP contribution in [0.25, 0.3) is 0 Å². The van der Waals surface area contributed by atoms with E-state index in [0.717, 1.165) is 5.56 Å². The monoisotopic (exact) mass is 192 g/mol. The van der Waals surface area contributed by atoms with Gasteiger partial charge in [0.2, 0.25) is 0 Å². The van der Waals surface area contributed by atoms with E-state index < -0.39 is 11.5 Å². The van der Waals surface area contributed by atoms with Crippen LogP contribution in [0.5, 0.6) is 0 Å². The van der Waals surface area contributed by atoms with Crippen LogP contribution in [0.4, 0.5) is 5.82 Å². The number of nitrogens with one attached hydrogen (secondary N) is 1. The Bertz CT molecular complexity index is 355. The summed E-state index contributed by atoms with van der Waals surface area (Å²) in [5.74, 6) is -0.157. The molecule has 14 heavy (non-hydrogen) atoms. The van der Waals surface area contributed by atoms with E-state index >= 15 is 0 Å². The molecule has 1 aromatic heterocycles. The molecule has 1 saturated carbocycles. The lowest BCUT2D eigenvalue weighted by Gasteiger charge is -2.12. The molecule has 0 atom stereocenters. The highest BCUT2D eigenvalue weighted by atomic mass is 16.4. The van der Waals surface area contributed by atoms with Gasteiger partial charge in [0.15, 0.2) is 0 Å². The van der Waals surface area contributed by atoms with Crippen molar-refractivity contribution in [2.75, 3.05) is 5.32 Å². The van der Waals surface area contributed by atoms with Crippen molar-refractivity contribution in [1.29, 1.82) is 0 Å². The third kappa shape index (κ3) is 1.55. The zero-order valence-corrected chi connectivity index (χ0v) is 7.95. The fourth-order valence-electron chi connectivity index (χ4n) is 1.30. The molecule has 0 amide bonds. The molecule has 2 rings (SSSR count). The number of hydrogen-bond acceptors (Lipinski definition) is 3. The molecule has 1 aromatic rings. The van der Waals surface area contributed by atoms with E-state index in [9.17, 15) is 4.79 Å². The van der Waals surface area contributed by atoms with Gasteiger partial charge in [-0.2, -0.15) is 0 Å². The summed E-state index contributed by atoms with van der Waals surface area (Å²) < 4.78 is 0. The number of aromatic nitrogens is 1. The quantitative estimate of drug-likeness (QED) is 0.760. The Morgan fingerprint density at radius 1 is 1.57 bits per heavy atom. The van der Waals surface area contributed by atoms with Crippen molar-refractivity contribution in [3.63, 3.8) is 0 Å². The lowest BCUT2D eigenvalue weighted by Crippen LogP contribution is -2.31. The zero-order chi connectivity index (χ0) is 10.2. The van der Waals surface area contributed by atoms with Crippen molar-refractivity contribution in [1.82, 2.24) is 4.98 Å². The van der Waals surface area contributed by atoms with Crippen LogP contribution in [0.15, 0.2) is 18.3 Å². The SMILES string of the molecule is Cc1ccc(NC2(C(=O)O)CC2)nc1.